The zero-order chi connectivity index (χ0) is 20.1. The second-order valence-electron chi connectivity index (χ2n) is 7.33. The lowest BCUT2D eigenvalue weighted by Crippen LogP contribution is -2.15. The molecule has 1 heterocycles. The van der Waals surface area contributed by atoms with Crippen molar-refractivity contribution < 1.29 is 4.79 Å². The summed E-state index contributed by atoms with van der Waals surface area (Å²) >= 11 is 0. The average Bonchev–Trinajstić information content (AvgIpc) is 2.68. The number of anilines is 3. The molecule has 3 rings (SSSR count). The third-order valence-corrected chi connectivity index (χ3v) is 4.19. The number of carbonyl (C=O) groups is 1. The van der Waals surface area contributed by atoms with Crippen LogP contribution in [0.3, 0.4) is 0 Å². The van der Waals surface area contributed by atoms with E-state index in [0.29, 0.717) is 17.2 Å². The van der Waals surface area contributed by atoms with Crippen LogP contribution < -0.4 is 10.6 Å². The van der Waals surface area contributed by atoms with Crippen LogP contribution in [0, 0.1) is 11.3 Å². The fourth-order valence-electron chi connectivity index (χ4n) is 2.60. The molecule has 1 aromatic heterocycles. The Labute approximate surface area is 164 Å². The molecule has 0 saturated heterocycles. The Bertz CT molecular complexity index is 1030. The highest BCUT2D eigenvalue weighted by molar-refractivity contribution is 6.03. The van der Waals surface area contributed by atoms with Gasteiger partial charge in [0.2, 0.25) is 5.95 Å². The molecule has 0 aliphatic carbocycles. The molecule has 0 atom stereocenters. The minimum atomic E-state index is -0.406. The van der Waals surface area contributed by atoms with Gasteiger partial charge < -0.3 is 10.6 Å². The molecule has 0 aliphatic rings. The maximum Gasteiger partial charge on any atom is 0.274 e. The van der Waals surface area contributed by atoms with Gasteiger partial charge in [-0.1, -0.05) is 45.0 Å². The first-order valence-electron chi connectivity index (χ1n) is 8.88. The van der Waals surface area contributed by atoms with Crippen LogP contribution >= 0.6 is 0 Å². The summed E-state index contributed by atoms with van der Waals surface area (Å²) < 4.78 is 0. The molecule has 6 nitrogen and oxygen atoms in total. The summed E-state index contributed by atoms with van der Waals surface area (Å²) in [6.45, 7) is 6.47. The van der Waals surface area contributed by atoms with E-state index in [1.54, 1.807) is 24.3 Å². The van der Waals surface area contributed by atoms with Crippen molar-refractivity contribution in [2.45, 2.75) is 26.2 Å². The van der Waals surface area contributed by atoms with E-state index in [0.717, 1.165) is 5.69 Å². The van der Waals surface area contributed by atoms with Crippen LogP contribution in [0.1, 0.15) is 42.4 Å². The van der Waals surface area contributed by atoms with Crippen molar-refractivity contribution in [1.29, 1.82) is 5.26 Å². The second-order valence-corrected chi connectivity index (χ2v) is 7.33. The number of nitrogens with zero attached hydrogens (tertiary/aromatic N) is 3. The van der Waals surface area contributed by atoms with E-state index in [4.69, 9.17) is 5.26 Å². The minimum absolute atomic E-state index is 0.0761. The number of benzene rings is 2. The molecule has 0 unspecified atom stereocenters. The SMILES string of the molecule is CC(C)(C)c1ccc(Nc2nccc(C(=O)Nc3ccccc3C#N)n2)cc1. The van der Waals surface area contributed by atoms with Crippen molar-refractivity contribution in [3.05, 3.63) is 77.6 Å². The fourth-order valence-corrected chi connectivity index (χ4v) is 2.60. The van der Waals surface area contributed by atoms with Crippen LogP contribution in [-0.2, 0) is 5.41 Å². The molecule has 0 spiro atoms. The molecule has 0 bridgehead atoms. The van der Waals surface area contributed by atoms with E-state index in [1.165, 1.54) is 17.8 Å². The van der Waals surface area contributed by atoms with Gasteiger partial charge in [0.15, 0.2) is 0 Å². The third-order valence-electron chi connectivity index (χ3n) is 4.19. The lowest BCUT2D eigenvalue weighted by molar-refractivity contribution is 0.102. The maximum atomic E-state index is 12.5. The normalized spacial score (nSPS) is 10.8. The predicted molar refractivity (Wildman–Crippen MR) is 110 cm³/mol. The molecule has 2 aromatic carbocycles. The monoisotopic (exact) mass is 371 g/mol. The van der Waals surface area contributed by atoms with Crippen molar-refractivity contribution >= 4 is 23.2 Å². The van der Waals surface area contributed by atoms with Crippen molar-refractivity contribution in [2.24, 2.45) is 0 Å². The lowest BCUT2D eigenvalue weighted by Gasteiger charge is -2.19. The number of nitriles is 1. The Balaban J connectivity index is 1.75. The Morgan fingerprint density at radius 2 is 1.75 bits per heavy atom. The van der Waals surface area contributed by atoms with Gasteiger partial charge in [-0.2, -0.15) is 5.26 Å². The molecular weight excluding hydrogens is 350 g/mol. The summed E-state index contributed by atoms with van der Waals surface area (Å²) in [5.74, 6) is -0.0824. The van der Waals surface area contributed by atoms with Gasteiger partial charge in [0.05, 0.1) is 11.3 Å². The summed E-state index contributed by atoms with van der Waals surface area (Å²) in [6.07, 6.45) is 1.52. The van der Waals surface area contributed by atoms with Gasteiger partial charge in [-0.05, 0) is 41.3 Å². The highest BCUT2D eigenvalue weighted by Crippen LogP contribution is 2.24. The summed E-state index contributed by atoms with van der Waals surface area (Å²) in [5.41, 5.74) is 3.18. The number of aromatic nitrogens is 2. The Kier molecular flexibility index (Phi) is 5.37. The lowest BCUT2D eigenvalue weighted by atomic mass is 9.87. The van der Waals surface area contributed by atoms with Crippen molar-refractivity contribution in [1.82, 2.24) is 9.97 Å². The third kappa shape index (κ3) is 4.51. The topological polar surface area (TPSA) is 90.7 Å². The average molecular weight is 371 g/mol. The fraction of sp³-hybridized carbons (Fsp3) is 0.182. The highest BCUT2D eigenvalue weighted by Gasteiger charge is 2.14. The minimum Gasteiger partial charge on any atom is -0.324 e. The van der Waals surface area contributed by atoms with Crippen LogP contribution in [0.5, 0.6) is 0 Å². The number of hydrogen-bond donors (Lipinski definition) is 2. The number of amides is 1. The van der Waals surface area contributed by atoms with Crippen molar-refractivity contribution in [2.75, 3.05) is 10.6 Å². The molecule has 3 aromatic rings. The number of nitrogens with one attached hydrogen (secondary N) is 2. The van der Waals surface area contributed by atoms with Crippen LogP contribution in [0.2, 0.25) is 0 Å². The molecular formula is C22H21N5O. The first-order chi connectivity index (χ1) is 13.4. The first-order valence-corrected chi connectivity index (χ1v) is 8.88. The molecule has 2 N–H and O–H groups in total. The summed E-state index contributed by atoms with van der Waals surface area (Å²) in [5, 5.41) is 15.0. The van der Waals surface area contributed by atoms with Gasteiger partial charge in [-0.3, -0.25) is 4.79 Å². The largest absolute Gasteiger partial charge is 0.324 e. The molecule has 0 aliphatic heterocycles. The van der Waals surface area contributed by atoms with Gasteiger partial charge >= 0.3 is 0 Å². The van der Waals surface area contributed by atoms with Crippen LogP contribution in [0.15, 0.2) is 60.8 Å². The predicted octanol–water partition coefficient (Wildman–Crippen LogP) is 4.64. The Hall–Kier alpha value is -3.72. The molecule has 28 heavy (non-hydrogen) atoms. The number of carbonyl (C=O) groups excluding carboxylic acids is 1. The second kappa shape index (κ2) is 7.89. The van der Waals surface area contributed by atoms with E-state index in [-0.39, 0.29) is 11.1 Å². The van der Waals surface area contributed by atoms with Gasteiger partial charge in [0.1, 0.15) is 11.8 Å². The number of para-hydroxylation sites is 1. The van der Waals surface area contributed by atoms with Gasteiger partial charge in [-0.25, -0.2) is 9.97 Å². The summed E-state index contributed by atoms with van der Waals surface area (Å²) in [7, 11) is 0. The molecule has 1 amide bonds. The highest BCUT2D eigenvalue weighted by atomic mass is 16.1. The first kappa shape index (κ1) is 19.1. The smallest absolute Gasteiger partial charge is 0.274 e. The van der Waals surface area contributed by atoms with E-state index in [2.05, 4.69) is 59.6 Å². The quantitative estimate of drug-likeness (QED) is 0.697. The maximum absolute atomic E-state index is 12.5. The van der Waals surface area contributed by atoms with Gasteiger partial charge in [-0.15, -0.1) is 0 Å². The van der Waals surface area contributed by atoms with E-state index in [9.17, 15) is 4.79 Å². The van der Waals surface area contributed by atoms with Crippen molar-refractivity contribution in [3.8, 4) is 6.07 Å². The molecule has 0 saturated carbocycles. The zero-order valence-electron chi connectivity index (χ0n) is 16.0. The van der Waals surface area contributed by atoms with Crippen LogP contribution in [0.4, 0.5) is 17.3 Å². The van der Waals surface area contributed by atoms with E-state index >= 15 is 0 Å². The van der Waals surface area contributed by atoms with Crippen molar-refractivity contribution in [3.63, 3.8) is 0 Å². The van der Waals surface area contributed by atoms with Crippen LogP contribution in [-0.4, -0.2) is 15.9 Å². The Morgan fingerprint density at radius 1 is 1.04 bits per heavy atom. The molecule has 140 valence electrons. The number of rotatable bonds is 4. The summed E-state index contributed by atoms with van der Waals surface area (Å²) in [6, 6.07) is 18.4. The van der Waals surface area contributed by atoms with E-state index < -0.39 is 5.91 Å². The zero-order valence-corrected chi connectivity index (χ0v) is 16.0. The van der Waals surface area contributed by atoms with Gasteiger partial charge in [0.25, 0.3) is 5.91 Å². The van der Waals surface area contributed by atoms with Crippen LogP contribution in [0.25, 0.3) is 0 Å². The molecule has 6 heteroatoms. The Morgan fingerprint density at radius 3 is 2.43 bits per heavy atom. The number of hydrogen-bond acceptors (Lipinski definition) is 5. The van der Waals surface area contributed by atoms with E-state index in [1.807, 2.05) is 12.1 Å². The molecule has 0 fully saturated rings. The standard InChI is InChI=1S/C22H21N5O/c1-22(2,3)16-8-10-17(11-9-16)25-21-24-13-12-19(27-21)20(28)26-18-7-5-4-6-15(18)14-23/h4-13H,1-3H3,(H,26,28)(H,24,25,27). The summed E-state index contributed by atoms with van der Waals surface area (Å²) in [4.78, 5) is 21.0. The molecule has 0 radical (unpaired) electrons. The van der Waals surface area contributed by atoms with Gasteiger partial charge in [0, 0.05) is 11.9 Å².